The van der Waals surface area contributed by atoms with Gasteiger partial charge in [0, 0.05) is 37.1 Å². The standard InChI is InChI=1S/C25H28N4O4S/c1-18(19-8-5-4-6-9-19)27-21-12-14-22(15-13-21)28-24(30)17-26-25(31)20-10-7-11-23(16-20)34(32,33)29(2)3/h4-16,18,27H,17H2,1-3H3,(H,26,31)(H,28,30). The molecule has 0 saturated carbocycles. The van der Waals surface area contributed by atoms with E-state index in [1.807, 2.05) is 30.3 Å². The minimum Gasteiger partial charge on any atom is -0.379 e. The number of carbonyl (C=O) groups excluding carboxylic acids is 2. The predicted octanol–water partition coefficient (Wildman–Crippen LogP) is 3.48. The Morgan fingerprint density at radius 1 is 0.882 bits per heavy atom. The zero-order valence-electron chi connectivity index (χ0n) is 19.3. The number of nitrogens with zero attached hydrogens (tertiary/aromatic N) is 1. The van der Waals surface area contributed by atoms with Gasteiger partial charge in [-0.2, -0.15) is 0 Å². The molecule has 3 N–H and O–H groups in total. The van der Waals surface area contributed by atoms with Gasteiger partial charge in [0.25, 0.3) is 5.91 Å². The molecule has 0 saturated heterocycles. The van der Waals surface area contributed by atoms with Crippen LogP contribution in [-0.2, 0) is 14.8 Å². The van der Waals surface area contributed by atoms with Gasteiger partial charge in [0.15, 0.2) is 0 Å². The molecule has 178 valence electrons. The Balaban J connectivity index is 1.53. The van der Waals surface area contributed by atoms with Crippen LogP contribution in [0.15, 0.2) is 83.8 Å². The summed E-state index contributed by atoms with van der Waals surface area (Å²) >= 11 is 0. The van der Waals surface area contributed by atoms with Crippen molar-refractivity contribution in [2.24, 2.45) is 0 Å². The molecule has 3 aromatic carbocycles. The number of carbonyl (C=O) groups is 2. The van der Waals surface area contributed by atoms with Gasteiger partial charge < -0.3 is 16.0 Å². The first-order chi connectivity index (χ1) is 16.2. The summed E-state index contributed by atoms with van der Waals surface area (Å²) in [7, 11) is -0.832. The second-order valence-corrected chi connectivity index (χ2v) is 10.1. The van der Waals surface area contributed by atoms with Crippen molar-refractivity contribution in [1.29, 1.82) is 0 Å². The quantitative estimate of drug-likeness (QED) is 0.435. The maximum atomic E-state index is 12.4. The third kappa shape index (κ3) is 6.43. The van der Waals surface area contributed by atoms with E-state index < -0.39 is 21.8 Å². The first-order valence-corrected chi connectivity index (χ1v) is 12.1. The molecule has 9 heteroatoms. The highest BCUT2D eigenvalue weighted by Crippen LogP contribution is 2.20. The Kier molecular flexibility index (Phi) is 8.04. The lowest BCUT2D eigenvalue weighted by Gasteiger charge is -2.16. The van der Waals surface area contributed by atoms with E-state index in [-0.39, 0.29) is 23.0 Å². The van der Waals surface area contributed by atoms with Gasteiger partial charge >= 0.3 is 0 Å². The number of nitrogens with one attached hydrogen (secondary N) is 3. The van der Waals surface area contributed by atoms with E-state index in [0.717, 1.165) is 9.99 Å². The molecular formula is C25H28N4O4S. The molecule has 0 spiro atoms. The van der Waals surface area contributed by atoms with Gasteiger partial charge in [-0.1, -0.05) is 36.4 Å². The fourth-order valence-corrected chi connectivity index (χ4v) is 4.15. The second-order valence-electron chi connectivity index (χ2n) is 7.90. The van der Waals surface area contributed by atoms with E-state index in [4.69, 9.17) is 0 Å². The highest BCUT2D eigenvalue weighted by molar-refractivity contribution is 7.89. The van der Waals surface area contributed by atoms with Gasteiger partial charge in [-0.15, -0.1) is 0 Å². The summed E-state index contributed by atoms with van der Waals surface area (Å²) in [6.45, 7) is 1.81. The van der Waals surface area contributed by atoms with E-state index >= 15 is 0 Å². The molecule has 8 nitrogen and oxygen atoms in total. The molecule has 0 radical (unpaired) electrons. The van der Waals surface area contributed by atoms with Crippen molar-refractivity contribution in [2.45, 2.75) is 17.9 Å². The normalized spacial score (nSPS) is 12.1. The van der Waals surface area contributed by atoms with Gasteiger partial charge in [0.1, 0.15) is 0 Å². The lowest BCUT2D eigenvalue weighted by Crippen LogP contribution is -2.33. The van der Waals surface area contributed by atoms with Crippen LogP contribution < -0.4 is 16.0 Å². The lowest BCUT2D eigenvalue weighted by atomic mass is 10.1. The summed E-state index contributed by atoms with van der Waals surface area (Å²) < 4.78 is 25.6. The monoisotopic (exact) mass is 480 g/mol. The number of sulfonamides is 1. The fraction of sp³-hybridized carbons (Fsp3) is 0.200. The van der Waals surface area contributed by atoms with E-state index in [2.05, 4.69) is 35.0 Å². The van der Waals surface area contributed by atoms with E-state index in [1.54, 1.807) is 12.1 Å². The minimum atomic E-state index is -3.66. The summed E-state index contributed by atoms with van der Waals surface area (Å²) in [6, 6.07) is 23.1. The van der Waals surface area contributed by atoms with Crippen molar-refractivity contribution in [3.8, 4) is 0 Å². The lowest BCUT2D eigenvalue weighted by molar-refractivity contribution is -0.115. The Labute approximate surface area is 200 Å². The largest absolute Gasteiger partial charge is 0.379 e. The predicted molar refractivity (Wildman–Crippen MR) is 133 cm³/mol. The number of amides is 2. The van der Waals surface area contributed by atoms with Gasteiger partial charge in [0.05, 0.1) is 11.4 Å². The highest BCUT2D eigenvalue weighted by atomic mass is 32.2. The summed E-state index contributed by atoms with van der Waals surface area (Å²) in [6.07, 6.45) is 0. The molecule has 3 rings (SSSR count). The molecule has 0 heterocycles. The molecule has 0 bridgehead atoms. The van der Waals surface area contributed by atoms with Crippen molar-refractivity contribution >= 4 is 33.2 Å². The zero-order chi connectivity index (χ0) is 24.7. The molecule has 0 fully saturated rings. The average molecular weight is 481 g/mol. The fourth-order valence-electron chi connectivity index (χ4n) is 3.20. The second kappa shape index (κ2) is 11.0. The Morgan fingerprint density at radius 2 is 1.53 bits per heavy atom. The van der Waals surface area contributed by atoms with Crippen LogP contribution in [0.5, 0.6) is 0 Å². The van der Waals surface area contributed by atoms with Crippen LogP contribution in [0, 0.1) is 0 Å². The third-order valence-corrected chi connectivity index (χ3v) is 6.95. The molecule has 34 heavy (non-hydrogen) atoms. The topological polar surface area (TPSA) is 108 Å². The van der Waals surface area contributed by atoms with Crippen LogP contribution in [0.4, 0.5) is 11.4 Å². The summed E-state index contributed by atoms with van der Waals surface area (Å²) in [5.41, 5.74) is 2.82. The number of hydrogen-bond acceptors (Lipinski definition) is 5. The molecule has 0 aliphatic heterocycles. The number of anilines is 2. The molecule has 3 aromatic rings. The number of hydrogen-bond donors (Lipinski definition) is 3. The molecule has 0 aliphatic rings. The first kappa shape index (κ1) is 24.9. The maximum absolute atomic E-state index is 12.4. The van der Waals surface area contributed by atoms with Crippen LogP contribution in [0.3, 0.4) is 0 Å². The van der Waals surface area contributed by atoms with Crippen molar-refractivity contribution < 1.29 is 18.0 Å². The summed E-state index contributed by atoms with van der Waals surface area (Å²) in [5, 5.41) is 8.64. The molecule has 1 unspecified atom stereocenters. The summed E-state index contributed by atoms with van der Waals surface area (Å²) in [5.74, 6) is -0.941. The van der Waals surface area contributed by atoms with Crippen LogP contribution in [0.25, 0.3) is 0 Å². The maximum Gasteiger partial charge on any atom is 0.251 e. The van der Waals surface area contributed by atoms with Crippen molar-refractivity contribution in [3.63, 3.8) is 0 Å². The van der Waals surface area contributed by atoms with Gasteiger partial charge in [0.2, 0.25) is 15.9 Å². The van der Waals surface area contributed by atoms with Crippen molar-refractivity contribution in [1.82, 2.24) is 9.62 Å². The zero-order valence-corrected chi connectivity index (χ0v) is 20.1. The molecule has 1 atom stereocenters. The van der Waals surface area contributed by atoms with E-state index in [1.165, 1.54) is 43.9 Å². The van der Waals surface area contributed by atoms with Gasteiger partial charge in [-0.3, -0.25) is 9.59 Å². The number of rotatable bonds is 9. The van der Waals surface area contributed by atoms with E-state index in [9.17, 15) is 18.0 Å². The van der Waals surface area contributed by atoms with Crippen LogP contribution in [0.1, 0.15) is 28.9 Å². The highest BCUT2D eigenvalue weighted by Gasteiger charge is 2.19. The Morgan fingerprint density at radius 3 is 2.18 bits per heavy atom. The van der Waals surface area contributed by atoms with E-state index in [0.29, 0.717) is 5.69 Å². The Hall–Kier alpha value is -3.69. The van der Waals surface area contributed by atoms with Crippen LogP contribution in [0.2, 0.25) is 0 Å². The van der Waals surface area contributed by atoms with Gasteiger partial charge in [-0.25, -0.2) is 12.7 Å². The van der Waals surface area contributed by atoms with Crippen LogP contribution >= 0.6 is 0 Å². The van der Waals surface area contributed by atoms with Gasteiger partial charge in [-0.05, 0) is 55.0 Å². The first-order valence-electron chi connectivity index (χ1n) is 10.7. The average Bonchev–Trinajstić information content (AvgIpc) is 2.84. The molecule has 2 amide bonds. The summed E-state index contributed by atoms with van der Waals surface area (Å²) in [4.78, 5) is 24.7. The minimum absolute atomic E-state index is 0.00452. The third-order valence-electron chi connectivity index (χ3n) is 5.14. The SMILES string of the molecule is CC(Nc1ccc(NC(=O)CNC(=O)c2cccc(S(=O)(=O)N(C)C)c2)cc1)c1ccccc1. The molecular weight excluding hydrogens is 452 g/mol. The Bertz CT molecular complexity index is 1240. The molecule has 0 aromatic heterocycles. The smallest absolute Gasteiger partial charge is 0.251 e. The number of benzene rings is 3. The van der Waals surface area contributed by atoms with Crippen molar-refractivity contribution in [3.05, 3.63) is 90.0 Å². The van der Waals surface area contributed by atoms with Crippen molar-refractivity contribution in [2.75, 3.05) is 31.3 Å². The molecule has 0 aliphatic carbocycles. The van der Waals surface area contributed by atoms with Crippen LogP contribution in [-0.4, -0.2) is 45.2 Å².